The lowest BCUT2D eigenvalue weighted by Crippen LogP contribution is -2.50. The number of aliphatic carboxylic acids is 1. The average molecular weight is 347 g/mol. The average Bonchev–Trinajstić information content (AvgIpc) is 2.53. The maximum atomic E-state index is 12.9. The van der Waals surface area contributed by atoms with Crippen molar-refractivity contribution in [1.29, 1.82) is 0 Å². The number of benzene rings is 1. The van der Waals surface area contributed by atoms with Crippen LogP contribution in [0.3, 0.4) is 0 Å². The van der Waals surface area contributed by atoms with E-state index in [0.717, 1.165) is 0 Å². The van der Waals surface area contributed by atoms with Gasteiger partial charge in [-0.3, -0.25) is 24.7 Å². The Labute approximate surface area is 145 Å². The first kappa shape index (κ1) is 18.6. The van der Waals surface area contributed by atoms with E-state index in [1.807, 2.05) is 13.8 Å². The molecule has 2 atom stereocenters. The van der Waals surface area contributed by atoms with Gasteiger partial charge in [-0.1, -0.05) is 26.0 Å². The number of rotatable bonds is 6. The van der Waals surface area contributed by atoms with E-state index in [0.29, 0.717) is 17.8 Å². The number of amides is 1. The van der Waals surface area contributed by atoms with Gasteiger partial charge in [-0.25, -0.2) is 0 Å². The molecule has 0 fully saturated rings. The lowest BCUT2D eigenvalue weighted by atomic mass is 9.89. The van der Waals surface area contributed by atoms with Crippen LogP contribution < -0.4 is 0 Å². The van der Waals surface area contributed by atoms with Crippen LogP contribution in [0.15, 0.2) is 29.3 Å². The highest BCUT2D eigenvalue weighted by molar-refractivity contribution is 6.15. The van der Waals surface area contributed by atoms with Crippen LogP contribution >= 0.6 is 0 Å². The van der Waals surface area contributed by atoms with Crippen molar-refractivity contribution in [3.63, 3.8) is 0 Å². The molecule has 1 aliphatic heterocycles. The standard InChI is InChI=1S/C17H21N3O5/c1-10(2)9-19-11(3)18-16(14(17(19)23)8-15(21)22)12-5-4-6-13(7-12)20(24)25/h4-7,10-11,14H,8-9H2,1-3H3,(H,21,22). The molecule has 1 aromatic rings. The maximum absolute atomic E-state index is 12.9. The number of carboxylic acids is 1. The molecular weight excluding hydrogens is 326 g/mol. The van der Waals surface area contributed by atoms with Gasteiger partial charge in [0.15, 0.2) is 0 Å². The zero-order valence-electron chi connectivity index (χ0n) is 14.4. The van der Waals surface area contributed by atoms with Gasteiger partial charge in [0.2, 0.25) is 5.91 Å². The monoisotopic (exact) mass is 347 g/mol. The molecule has 0 aliphatic carbocycles. The van der Waals surface area contributed by atoms with E-state index in [2.05, 4.69) is 4.99 Å². The number of nitro groups is 1. The molecule has 0 radical (unpaired) electrons. The van der Waals surface area contributed by atoms with Crippen molar-refractivity contribution in [3.05, 3.63) is 39.9 Å². The highest BCUT2D eigenvalue weighted by Crippen LogP contribution is 2.26. The van der Waals surface area contributed by atoms with Crippen LogP contribution in [0, 0.1) is 22.0 Å². The van der Waals surface area contributed by atoms with Gasteiger partial charge >= 0.3 is 5.97 Å². The molecule has 1 N–H and O–H groups in total. The van der Waals surface area contributed by atoms with E-state index in [-0.39, 0.29) is 17.5 Å². The summed E-state index contributed by atoms with van der Waals surface area (Å²) in [6.07, 6.45) is -0.851. The van der Waals surface area contributed by atoms with Crippen LogP contribution in [-0.2, 0) is 9.59 Å². The van der Waals surface area contributed by atoms with E-state index < -0.39 is 29.4 Å². The SMILES string of the molecule is CC(C)CN1C(=O)C(CC(=O)O)C(c2cccc([N+](=O)[O-])c2)=NC1C. The molecule has 0 bridgehead atoms. The summed E-state index contributed by atoms with van der Waals surface area (Å²) in [4.78, 5) is 40.6. The molecule has 0 saturated carbocycles. The molecule has 134 valence electrons. The first-order valence-corrected chi connectivity index (χ1v) is 8.05. The van der Waals surface area contributed by atoms with E-state index >= 15 is 0 Å². The summed E-state index contributed by atoms with van der Waals surface area (Å²) in [6, 6.07) is 5.78. The Morgan fingerprint density at radius 1 is 1.44 bits per heavy atom. The predicted molar refractivity (Wildman–Crippen MR) is 91.4 cm³/mol. The number of nitrogens with zero attached hydrogens (tertiary/aromatic N) is 3. The van der Waals surface area contributed by atoms with Crippen molar-refractivity contribution in [3.8, 4) is 0 Å². The number of aliphatic imine (C=N–C) groups is 1. The van der Waals surface area contributed by atoms with Crippen molar-refractivity contribution in [1.82, 2.24) is 4.90 Å². The Morgan fingerprint density at radius 2 is 2.12 bits per heavy atom. The summed E-state index contributed by atoms with van der Waals surface area (Å²) in [7, 11) is 0. The molecule has 1 heterocycles. The van der Waals surface area contributed by atoms with Crippen molar-refractivity contribution < 1.29 is 19.6 Å². The van der Waals surface area contributed by atoms with Gasteiger partial charge in [-0.2, -0.15) is 0 Å². The molecule has 0 aromatic heterocycles. The first-order chi connectivity index (χ1) is 11.7. The molecule has 1 amide bonds. The van der Waals surface area contributed by atoms with Crippen LogP contribution in [0.5, 0.6) is 0 Å². The summed E-state index contributed by atoms with van der Waals surface area (Å²) in [6.45, 7) is 6.16. The second-order valence-electron chi connectivity index (χ2n) is 6.49. The zero-order valence-corrected chi connectivity index (χ0v) is 14.4. The molecule has 0 saturated heterocycles. The molecule has 0 spiro atoms. The second-order valence-corrected chi connectivity index (χ2v) is 6.49. The molecule has 2 rings (SSSR count). The van der Waals surface area contributed by atoms with Crippen LogP contribution in [-0.4, -0.2) is 45.2 Å². The molecule has 8 nitrogen and oxygen atoms in total. The second kappa shape index (κ2) is 7.42. The fourth-order valence-electron chi connectivity index (χ4n) is 2.91. The van der Waals surface area contributed by atoms with Gasteiger partial charge in [0.25, 0.3) is 5.69 Å². The maximum Gasteiger partial charge on any atom is 0.304 e. The third-order valence-electron chi connectivity index (χ3n) is 3.98. The molecule has 8 heteroatoms. The van der Waals surface area contributed by atoms with Crippen molar-refractivity contribution in [2.24, 2.45) is 16.8 Å². The van der Waals surface area contributed by atoms with Crippen LogP contribution in [0.1, 0.15) is 32.8 Å². The summed E-state index contributed by atoms with van der Waals surface area (Å²) in [5, 5.41) is 20.2. The van der Waals surface area contributed by atoms with Crippen LogP contribution in [0.4, 0.5) is 5.69 Å². The van der Waals surface area contributed by atoms with Gasteiger partial charge in [-0.15, -0.1) is 0 Å². The van der Waals surface area contributed by atoms with E-state index in [4.69, 9.17) is 0 Å². The summed E-state index contributed by atoms with van der Waals surface area (Å²) >= 11 is 0. The summed E-state index contributed by atoms with van der Waals surface area (Å²) < 4.78 is 0. The first-order valence-electron chi connectivity index (χ1n) is 8.05. The fraction of sp³-hybridized carbons (Fsp3) is 0.471. The normalized spacial score (nSPS) is 20.6. The third kappa shape index (κ3) is 4.20. The van der Waals surface area contributed by atoms with Gasteiger partial charge in [-0.05, 0) is 12.8 Å². The number of hydrogen-bond acceptors (Lipinski definition) is 5. The van der Waals surface area contributed by atoms with E-state index in [1.54, 1.807) is 17.9 Å². The van der Waals surface area contributed by atoms with Crippen molar-refractivity contribution in [2.45, 2.75) is 33.4 Å². The molecule has 2 unspecified atom stereocenters. The highest BCUT2D eigenvalue weighted by Gasteiger charge is 2.38. The number of nitro benzene ring substituents is 1. The lowest BCUT2D eigenvalue weighted by Gasteiger charge is -2.36. The quantitative estimate of drug-likeness (QED) is 0.626. The summed E-state index contributed by atoms with van der Waals surface area (Å²) in [5.74, 6) is -2.16. The molecule has 1 aromatic carbocycles. The number of carboxylic acid groups (broad SMARTS) is 1. The van der Waals surface area contributed by atoms with Gasteiger partial charge in [0.1, 0.15) is 6.17 Å². The largest absolute Gasteiger partial charge is 0.481 e. The Morgan fingerprint density at radius 3 is 2.68 bits per heavy atom. The van der Waals surface area contributed by atoms with E-state index in [9.17, 15) is 24.8 Å². The highest BCUT2D eigenvalue weighted by atomic mass is 16.6. The molecule has 1 aliphatic rings. The predicted octanol–water partition coefficient (Wildman–Crippen LogP) is 2.32. The van der Waals surface area contributed by atoms with E-state index in [1.165, 1.54) is 18.2 Å². The minimum Gasteiger partial charge on any atom is -0.481 e. The number of carbonyl (C=O) groups is 2. The van der Waals surface area contributed by atoms with Gasteiger partial charge in [0, 0.05) is 24.2 Å². The Balaban J connectivity index is 2.49. The molecular formula is C17H21N3O5. The Kier molecular flexibility index (Phi) is 5.51. The van der Waals surface area contributed by atoms with Crippen molar-refractivity contribution >= 4 is 23.3 Å². The topological polar surface area (TPSA) is 113 Å². The van der Waals surface area contributed by atoms with Crippen LogP contribution in [0.2, 0.25) is 0 Å². The number of non-ortho nitro benzene ring substituents is 1. The Bertz CT molecular complexity index is 729. The number of hydrogen-bond donors (Lipinski definition) is 1. The van der Waals surface area contributed by atoms with Crippen LogP contribution in [0.25, 0.3) is 0 Å². The minimum absolute atomic E-state index is 0.126. The van der Waals surface area contributed by atoms with Gasteiger partial charge in [0.05, 0.1) is 23.0 Å². The third-order valence-corrected chi connectivity index (χ3v) is 3.98. The molecule has 25 heavy (non-hydrogen) atoms. The summed E-state index contributed by atoms with van der Waals surface area (Å²) in [5.41, 5.74) is 0.576. The van der Waals surface area contributed by atoms with Gasteiger partial charge < -0.3 is 10.0 Å². The minimum atomic E-state index is -1.12. The zero-order chi connectivity index (χ0) is 18.7. The lowest BCUT2D eigenvalue weighted by molar-refractivity contribution is -0.384. The number of carbonyl (C=O) groups excluding carboxylic acids is 1. The fourth-order valence-corrected chi connectivity index (χ4v) is 2.91. The Hall–Kier alpha value is -2.77. The van der Waals surface area contributed by atoms with Crippen molar-refractivity contribution in [2.75, 3.05) is 6.54 Å². The smallest absolute Gasteiger partial charge is 0.304 e.